The number of halogens is 1. The molecule has 188 valence electrons. The standard InChI is InChI=1S/C27H31FN6O2/c1-32-8-5-27(6-9-32)16-33(17-27)15-18-14-22-24(36-18)26(34-10-12-35-13-11-34)31-25(30-22)23-19-4-7-29-21(19)3-2-20(23)28/h2-4,7,14,29H,5-6,8-13,15-17H2,1H3. The van der Waals surface area contributed by atoms with E-state index in [0.29, 0.717) is 54.5 Å². The number of nitrogens with one attached hydrogen (secondary N) is 1. The van der Waals surface area contributed by atoms with E-state index in [1.54, 1.807) is 6.07 Å². The van der Waals surface area contributed by atoms with Gasteiger partial charge < -0.3 is 23.9 Å². The zero-order valence-electron chi connectivity index (χ0n) is 20.6. The van der Waals surface area contributed by atoms with E-state index in [-0.39, 0.29) is 5.82 Å². The third-order valence-corrected chi connectivity index (χ3v) is 8.17. The van der Waals surface area contributed by atoms with Gasteiger partial charge in [0.05, 0.1) is 25.3 Å². The molecule has 3 aromatic heterocycles. The summed E-state index contributed by atoms with van der Waals surface area (Å²) in [4.78, 5) is 19.9. The predicted molar refractivity (Wildman–Crippen MR) is 137 cm³/mol. The molecule has 4 aromatic rings. The second-order valence-corrected chi connectivity index (χ2v) is 10.7. The van der Waals surface area contributed by atoms with E-state index in [0.717, 1.165) is 41.8 Å². The minimum absolute atomic E-state index is 0.331. The Balaban J connectivity index is 1.24. The van der Waals surface area contributed by atoms with Gasteiger partial charge in [0, 0.05) is 49.3 Å². The third-order valence-electron chi connectivity index (χ3n) is 8.17. The van der Waals surface area contributed by atoms with E-state index in [2.05, 4.69) is 26.7 Å². The molecular weight excluding hydrogens is 459 g/mol. The first-order chi connectivity index (χ1) is 17.6. The lowest BCUT2D eigenvalue weighted by atomic mass is 9.72. The molecule has 0 unspecified atom stereocenters. The van der Waals surface area contributed by atoms with Gasteiger partial charge in [-0.05, 0) is 56.6 Å². The van der Waals surface area contributed by atoms with Crippen LogP contribution < -0.4 is 4.90 Å². The Morgan fingerprint density at radius 2 is 1.86 bits per heavy atom. The summed E-state index contributed by atoms with van der Waals surface area (Å²) in [5, 5.41) is 0.773. The molecule has 3 aliphatic rings. The molecule has 6 heterocycles. The van der Waals surface area contributed by atoms with Gasteiger partial charge in [-0.3, -0.25) is 4.90 Å². The third kappa shape index (κ3) is 3.77. The number of furan rings is 1. The Bertz CT molecular complexity index is 1410. The molecule has 3 aliphatic heterocycles. The van der Waals surface area contributed by atoms with Crippen LogP contribution in [-0.2, 0) is 11.3 Å². The van der Waals surface area contributed by atoms with E-state index in [1.165, 1.54) is 32.0 Å². The molecule has 0 radical (unpaired) electrons. The number of H-pyrrole nitrogens is 1. The van der Waals surface area contributed by atoms with E-state index >= 15 is 4.39 Å². The zero-order valence-corrected chi connectivity index (χ0v) is 20.6. The maximum atomic E-state index is 15.1. The molecule has 0 aliphatic carbocycles. The fourth-order valence-corrected chi connectivity index (χ4v) is 6.12. The van der Waals surface area contributed by atoms with Crippen molar-refractivity contribution in [3.63, 3.8) is 0 Å². The Kier molecular flexibility index (Phi) is 5.27. The highest BCUT2D eigenvalue weighted by atomic mass is 19.1. The monoisotopic (exact) mass is 490 g/mol. The number of aromatic nitrogens is 3. The summed E-state index contributed by atoms with van der Waals surface area (Å²) in [6.07, 6.45) is 4.36. The Labute approximate surface area is 209 Å². The van der Waals surface area contributed by atoms with Crippen LogP contribution >= 0.6 is 0 Å². The molecule has 7 rings (SSSR count). The first kappa shape index (κ1) is 22.2. The van der Waals surface area contributed by atoms with Gasteiger partial charge >= 0.3 is 0 Å². The predicted octanol–water partition coefficient (Wildman–Crippen LogP) is 3.87. The summed E-state index contributed by atoms with van der Waals surface area (Å²) >= 11 is 0. The number of morpholine rings is 1. The van der Waals surface area contributed by atoms with Crippen molar-refractivity contribution in [3.05, 3.63) is 42.0 Å². The Morgan fingerprint density at radius 3 is 2.67 bits per heavy atom. The molecule has 1 N–H and O–H groups in total. The molecule has 36 heavy (non-hydrogen) atoms. The summed E-state index contributed by atoms with van der Waals surface area (Å²) < 4.78 is 27.1. The molecule has 3 fully saturated rings. The van der Waals surface area contributed by atoms with E-state index in [9.17, 15) is 0 Å². The lowest BCUT2D eigenvalue weighted by molar-refractivity contribution is -0.0497. The van der Waals surface area contributed by atoms with Crippen LogP contribution in [0, 0.1) is 11.2 Å². The van der Waals surface area contributed by atoms with E-state index in [1.807, 2.05) is 18.3 Å². The highest BCUT2D eigenvalue weighted by molar-refractivity contribution is 5.96. The first-order valence-electron chi connectivity index (χ1n) is 12.9. The van der Waals surface area contributed by atoms with Crippen molar-refractivity contribution >= 4 is 27.8 Å². The zero-order chi connectivity index (χ0) is 24.3. The van der Waals surface area contributed by atoms with E-state index in [4.69, 9.17) is 19.1 Å². The molecule has 3 saturated heterocycles. The number of piperidine rings is 1. The maximum Gasteiger partial charge on any atom is 0.195 e. The molecule has 1 spiro atoms. The van der Waals surface area contributed by atoms with Crippen LogP contribution in [-0.4, -0.2) is 84.3 Å². The molecule has 1 aromatic carbocycles. The number of rotatable bonds is 4. The minimum Gasteiger partial charge on any atom is -0.454 e. The Hall–Kier alpha value is -3.01. The van der Waals surface area contributed by atoms with Crippen molar-refractivity contribution in [1.82, 2.24) is 24.8 Å². The second-order valence-electron chi connectivity index (χ2n) is 10.7. The molecule has 0 bridgehead atoms. The SMILES string of the molecule is CN1CCC2(CC1)CN(Cc1cc3nc(-c4c(F)ccc5[nH]ccc45)nc(N4CCOCC4)c3o1)C2. The number of benzene rings is 1. The number of aromatic amines is 1. The number of hydrogen-bond donors (Lipinski definition) is 1. The topological polar surface area (TPSA) is 73.7 Å². The number of likely N-dealkylation sites (tertiary alicyclic amines) is 2. The number of nitrogens with zero attached hydrogens (tertiary/aromatic N) is 5. The molecular formula is C27H31FN6O2. The minimum atomic E-state index is -0.331. The first-order valence-corrected chi connectivity index (χ1v) is 12.9. The van der Waals surface area contributed by atoms with Crippen molar-refractivity contribution < 1.29 is 13.5 Å². The van der Waals surface area contributed by atoms with Crippen molar-refractivity contribution in [2.24, 2.45) is 5.41 Å². The van der Waals surface area contributed by atoms with Crippen LogP contribution in [0.15, 0.2) is 34.9 Å². The van der Waals surface area contributed by atoms with E-state index < -0.39 is 0 Å². The van der Waals surface area contributed by atoms with Gasteiger partial charge in [-0.25, -0.2) is 14.4 Å². The van der Waals surface area contributed by atoms with Crippen LogP contribution in [0.2, 0.25) is 0 Å². The van der Waals surface area contributed by atoms with Crippen LogP contribution in [0.4, 0.5) is 10.2 Å². The molecule has 0 amide bonds. The summed E-state index contributed by atoms with van der Waals surface area (Å²) in [5.41, 5.74) is 3.14. The Morgan fingerprint density at radius 1 is 1.06 bits per heavy atom. The quantitative estimate of drug-likeness (QED) is 0.466. The van der Waals surface area contributed by atoms with Crippen LogP contribution in [0.5, 0.6) is 0 Å². The van der Waals surface area contributed by atoms with Crippen LogP contribution in [0.3, 0.4) is 0 Å². The average Bonchev–Trinajstić information content (AvgIpc) is 3.51. The van der Waals surface area contributed by atoms with Crippen LogP contribution in [0.25, 0.3) is 33.4 Å². The highest BCUT2D eigenvalue weighted by Crippen LogP contribution is 2.41. The molecule has 9 heteroatoms. The van der Waals surface area contributed by atoms with Gasteiger partial charge in [0.1, 0.15) is 17.1 Å². The summed E-state index contributed by atoms with van der Waals surface area (Å²) in [5.74, 6) is 1.65. The van der Waals surface area contributed by atoms with Gasteiger partial charge in [0.25, 0.3) is 0 Å². The van der Waals surface area contributed by atoms with Gasteiger partial charge in [-0.15, -0.1) is 0 Å². The molecule has 0 atom stereocenters. The van der Waals surface area contributed by atoms with Crippen molar-refractivity contribution in [2.45, 2.75) is 19.4 Å². The number of ether oxygens (including phenoxy) is 1. The lowest BCUT2D eigenvalue weighted by Gasteiger charge is -2.53. The normalized spacial score (nSPS) is 21.0. The summed E-state index contributed by atoms with van der Waals surface area (Å²) in [6.45, 7) is 8.03. The fourth-order valence-electron chi connectivity index (χ4n) is 6.12. The van der Waals surface area contributed by atoms with Crippen LogP contribution in [0.1, 0.15) is 18.6 Å². The van der Waals surface area contributed by atoms with Crippen molar-refractivity contribution in [2.75, 3.05) is 64.4 Å². The highest BCUT2D eigenvalue weighted by Gasteiger charge is 2.44. The second kappa shape index (κ2) is 8.54. The summed E-state index contributed by atoms with van der Waals surface area (Å²) in [6, 6.07) is 7.11. The number of fused-ring (bicyclic) bond motifs is 2. The lowest BCUT2D eigenvalue weighted by Crippen LogP contribution is -2.59. The molecule has 8 nitrogen and oxygen atoms in total. The number of anilines is 1. The van der Waals surface area contributed by atoms with Gasteiger partial charge in [0.15, 0.2) is 17.2 Å². The van der Waals surface area contributed by atoms with Gasteiger partial charge in [-0.2, -0.15) is 0 Å². The number of hydrogen-bond acceptors (Lipinski definition) is 7. The average molecular weight is 491 g/mol. The van der Waals surface area contributed by atoms with Crippen molar-refractivity contribution in [3.8, 4) is 11.4 Å². The molecule has 0 saturated carbocycles. The largest absolute Gasteiger partial charge is 0.454 e. The van der Waals surface area contributed by atoms with Gasteiger partial charge in [0.2, 0.25) is 0 Å². The summed E-state index contributed by atoms with van der Waals surface area (Å²) in [7, 11) is 2.21. The van der Waals surface area contributed by atoms with Crippen molar-refractivity contribution in [1.29, 1.82) is 0 Å². The maximum absolute atomic E-state index is 15.1. The van der Waals surface area contributed by atoms with Gasteiger partial charge in [-0.1, -0.05) is 0 Å². The smallest absolute Gasteiger partial charge is 0.195 e. The fraction of sp³-hybridized carbons (Fsp3) is 0.481.